The van der Waals surface area contributed by atoms with Gasteiger partial charge in [0, 0.05) is 6.54 Å². The largest absolute Gasteiger partial charge is 0.465 e. The third kappa shape index (κ3) is 4.58. The van der Waals surface area contributed by atoms with Crippen LogP contribution in [0, 0.1) is 0 Å². The van der Waals surface area contributed by atoms with E-state index in [1.54, 1.807) is 6.92 Å². The summed E-state index contributed by atoms with van der Waals surface area (Å²) in [5.74, 6) is -0.206. The summed E-state index contributed by atoms with van der Waals surface area (Å²) < 4.78 is 5.02. The molecule has 0 heterocycles. The summed E-state index contributed by atoms with van der Waals surface area (Å²) in [6, 6.07) is -0.265. The van der Waals surface area contributed by atoms with Crippen molar-refractivity contribution in [3.63, 3.8) is 0 Å². The summed E-state index contributed by atoms with van der Waals surface area (Å²) >= 11 is 0. The first-order chi connectivity index (χ1) is 6.67. The van der Waals surface area contributed by atoms with Gasteiger partial charge >= 0.3 is 5.97 Å². The first-order valence-corrected chi connectivity index (χ1v) is 5.18. The molecular weight excluding hydrogens is 182 g/mol. The topological polar surface area (TPSA) is 49.8 Å². The van der Waals surface area contributed by atoms with Crippen LogP contribution in [0.1, 0.15) is 27.2 Å². The van der Waals surface area contributed by atoms with E-state index in [2.05, 4.69) is 0 Å². The van der Waals surface area contributed by atoms with Crippen LogP contribution >= 0.6 is 0 Å². The monoisotopic (exact) mass is 203 g/mol. The normalized spacial score (nSPS) is 12.9. The van der Waals surface area contributed by atoms with Crippen molar-refractivity contribution in [3.8, 4) is 0 Å². The van der Waals surface area contributed by atoms with Crippen LogP contribution in [0.3, 0.4) is 0 Å². The lowest BCUT2D eigenvalue weighted by Crippen LogP contribution is -2.41. The molecule has 84 valence electrons. The lowest BCUT2D eigenvalue weighted by molar-refractivity contribution is -0.149. The Morgan fingerprint density at radius 2 is 2.14 bits per heavy atom. The Labute approximate surface area is 85.9 Å². The summed E-state index contributed by atoms with van der Waals surface area (Å²) in [7, 11) is 0. The smallest absolute Gasteiger partial charge is 0.323 e. The Morgan fingerprint density at radius 1 is 1.50 bits per heavy atom. The highest BCUT2D eigenvalue weighted by molar-refractivity contribution is 5.75. The molecule has 4 heteroatoms. The third-order valence-corrected chi connectivity index (χ3v) is 2.13. The number of carbonyl (C=O) groups excluding carboxylic acids is 1. The predicted molar refractivity (Wildman–Crippen MR) is 55.0 cm³/mol. The minimum atomic E-state index is -0.265. The molecule has 1 unspecified atom stereocenters. The molecular formula is C10H21NO3. The molecule has 0 bridgehead atoms. The summed E-state index contributed by atoms with van der Waals surface area (Å²) in [5.41, 5.74) is 0. The van der Waals surface area contributed by atoms with E-state index in [-0.39, 0.29) is 18.6 Å². The van der Waals surface area contributed by atoms with E-state index in [0.29, 0.717) is 13.2 Å². The van der Waals surface area contributed by atoms with E-state index in [4.69, 9.17) is 9.84 Å². The Kier molecular flexibility index (Phi) is 7.42. The summed E-state index contributed by atoms with van der Waals surface area (Å²) in [5, 5.41) is 8.78. The molecule has 0 fully saturated rings. The van der Waals surface area contributed by atoms with Gasteiger partial charge < -0.3 is 9.84 Å². The number of carbonyl (C=O) groups is 1. The van der Waals surface area contributed by atoms with Crippen molar-refractivity contribution in [1.29, 1.82) is 0 Å². The lowest BCUT2D eigenvalue weighted by atomic mass is 10.3. The summed E-state index contributed by atoms with van der Waals surface area (Å²) in [6.07, 6.45) is 0.838. The molecule has 1 N–H and O–H groups in total. The van der Waals surface area contributed by atoms with E-state index < -0.39 is 0 Å². The second-order valence-electron chi connectivity index (χ2n) is 3.20. The van der Waals surface area contributed by atoms with Gasteiger partial charge in [0.1, 0.15) is 6.04 Å². The van der Waals surface area contributed by atoms with Crippen LogP contribution in [0.25, 0.3) is 0 Å². The zero-order valence-corrected chi connectivity index (χ0v) is 9.32. The molecule has 0 aliphatic carbocycles. The molecule has 0 spiro atoms. The number of rotatable bonds is 7. The molecule has 14 heavy (non-hydrogen) atoms. The molecule has 0 aromatic rings. The van der Waals surface area contributed by atoms with Crippen LogP contribution in [0.2, 0.25) is 0 Å². The molecule has 0 saturated carbocycles. The Hall–Kier alpha value is -0.610. The van der Waals surface area contributed by atoms with Crippen LogP contribution in [0.15, 0.2) is 0 Å². The second kappa shape index (κ2) is 7.76. The zero-order chi connectivity index (χ0) is 11.0. The molecule has 0 aromatic heterocycles. The highest BCUT2D eigenvalue weighted by atomic mass is 16.5. The SMILES string of the molecule is CCCOC(=O)C(C)N(CC)CCO. The first-order valence-electron chi connectivity index (χ1n) is 5.18. The fraction of sp³-hybridized carbons (Fsp3) is 0.900. The quantitative estimate of drug-likeness (QED) is 0.617. The number of nitrogens with zero attached hydrogens (tertiary/aromatic N) is 1. The number of aliphatic hydroxyl groups is 1. The van der Waals surface area contributed by atoms with Crippen molar-refractivity contribution in [1.82, 2.24) is 4.90 Å². The number of likely N-dealkylation sites (N-methyl/N-ethyl adjacent to an activating group) is 1. The van der Waals surface area contributed by atoms with Crippen molar-refractivity contribution >= 4 is 5.97 Å². The van der Waals surface area contributed by atoms with Crippen LogP contribution in [0.5, 0.6) is 0 Å². The van der Waals surface area contributed by atoms with Crippen molar-refractivity contribution in [2.75, 3.05) is 26.3 Å². The highest BCUT2D eigenvalue weighted by Gasteiger charge is 2.20. The van der Waals surface area contributed by atoms with Crippen LogP contribution < -0.4 is 0 Å². The Morgan fingerprint density at radius 3 is 2.57 bits per heavy atom. The van der Waals surface area contributed by atoms with E-state index in [9.17, 15) is 4.79 Å². The van der Waals surface area contributed by atoms with Gasteiger partial charge in [-0.1, -0.05) is 13.8 Å². The fourth-order valence-corrected chi connectivity index (χ4v) is 1.23. The second-order valence-corrected chi connectivity index (χ2v) is 3.20. The van der Waals surface area contributed by atoms with Crippen molar-refractivity contribution < 1.29 is 14.6 Å². The van der Waals surface area contributed by atoms with Crippen molar-refractivity contribution in [2.45, 2.75) is 33.2 Å². The summed E-state index contributed by atoms with van der Waals surface area (Å²) in [6.45, 7) is 7.51. The maximum Gasteiger partial charge on any atom is 0.323 e. The van der Waals surface area contributed by atoms with Gasteiger partial charge in [0.25, 0.3) is 0 Å². The fourth-order valence-electron chi connectivity index (χ4n) is 1.23. The van der Waals surface area contributed by atoms with Gasteiger partial charge in [-0.2, -0.15) is 0 Å². The van der Waals surface area contributed by atoms with Gasteiger partial charge in [-0.25, -0.2) is 0 Å². The Bertz CT molecular complexity index is 161. The third-order valence-electron chi connectivity index (χ3n) is 2.13. The average molecular weight is 203 g/mol. The maximum absolute atomic E-state index is 11.4. The van der Waals surface area contributed by atoms with E-state index in [1.807, 2.05) is 18.7 Å². The molecule has 0 aromatic carbocycles. The number of aliphatic hydroxyl groups excluding tert-OH is 1. The van der Waals surface area contributed by atoms with E-state index >= 15 is 0 Å². The minimum Gasteiger partial charge on any atom is -0.465 e. The molecule has 0 rings (SSSR count). The number of ether oxygens (including phenoxy) is 1. The summed E-state index contributed by atoms with van der Waals surface area (Å²) in [4.78, 5) is 13.3. The number of hydrogen-bond acceptors (Lipinski definition) is 4. The Balaban J connectivity index is 3.98. The van der Waals surface area contributed by atoms with Gasteiger partial charge in [0.15, 0.2) is 0 Å². The van der Waals surface area contributed by atoms with Gasteiger partial charge in [-0.05, 0) is 19.9 Å². The number of esters is 1. The molecule has 0 aliphatic heterocycles. The average Bonchev–Trinajstić information content (AvgIpc) is 2.21. The minimum absolute atomic E-state index is 0.0687. The van der Waals surface area contributed by atoms with Crippen LogP contribution in [0.4, 0.5) is 0 Å². The predicted octanol–water partition coefficient (Wildman–Crippen LogP) is 0.642. The van der Waals surface area contributed by atoms with Gasteiger partial charge in [0.2, 0.25) is 0 Å². The van der Waals surface area contributed by atoms with Crippen LogP contribution in [-0.4, -0.2) is 48.3 Å². The zero-order valence-electron chi connectivity index (χ0n) is 9.32. The number of hydrogen-bond donors (Lipinski definition) is 1. The molecule has 0 amide bonds. The standard InChI is InChI=1S/C10H21NO3/c1-4-8-14-10(13)9(3)11(5-2)6-7-12/h9,12H,4-8H2,1-3H3. The highest BCUT2D eigenvalue weighted by Crippen LogP contribution is 2.01. The van der Waals surface area contributed by atoms with Crippen molar-refractivity contribution in [2.24, 2.45) is 0 Å². The molecule has 4 nitrogen and oxygen atoms in total. The lowest BCUT2D eigenvalue weighted by Gasteiger charge is -2.25. The molecule has 0 aliphatic rings. The van der Waals surface area contributed by atoms with Crippen LogP contribution in [-0.2, 0) is 9.53 Å². The van der Waals surface area contributed by atoms with Gasteiger partial charge in [-0.3, -0.25) is 9.69 Å². The first kappa shape index (κ1) is 13.4. The molecule has 0 saturated heterocycles. The van der Waals surface area contributed by atoms with Crippen molar-refractivity contribution in [3.05, 3.63) is 0 Å². The maximum atomic E-state index is 11.4. The molecule has 0 radical (unpaired) electrons. The van der Waals surface area contributed by atoms with E-state index in [0.717, 1.165) is 13.0 Å². The molecule has 1 atom stereocenters. The van der Waals surface area contributed by atoms with E-state index in [1.165, 1.54) is 0 Å². The van der Waals surface area contributed by atoms with Gasteiger partial charge in [0.05, 0.1) is 13.2 Å². The van der Waals surface area contributed by atoms with Gasteiger partial charge in [-0.15, -0.1) is 0 Å².